The van der Waals surface area contributed by atoms with Crippen LogP contribution in [-0.2, 0) is 0 Å². The largest absolute Gasteiger partial charge is 0.325 e. The molecule has 3 aromatic rings. The lowest BCUT2D eigenvalue weighted by molar-refractivity contribution is 0.460. The van der Waals surface area contributed by atoms with E-state index in [1.807, 2.05) is 13.0 Å². The van der Waals surface area contributed by atoms with Crippen LogP contribution in [0, 0.1) is 6.92 Å². The van der Waals surface area contributed by atoms with Crippen molar-refractivity contribution in [1.29, 1.82) is 0 Å². The van der Waals surface area contributed by atoms with Gasteiger partial charge in [-0.2, -0.15) is 10.1 Å². The van der Waals surface area contributed by atoms with Crippen molar-refractivity contribution < 1.29 is 0 Å². The third-order valence-electron chi connectivity index (χ3n) is 5.69. The van der Waals surface area contributed by atoms with Crippen LogP contribution in [0.4, 0.5) is 23.3 Å². The van der Waals surface area contributed by atoms with Crippen LogP contribution in [0.25, 0.3) is 0 Å². The molecular formula is C22H27N7. The van der Waals surface area contributed by atoms with Crippen molar-refractivity contribution in [2.24, 2.45) is 0 Å². The molecule has 5 rings (SSSR count). The predicted octanol–water partition coefficient (Wildman–Crippen LogP) is 4.34. The third kappa shape index (κ3) is 4.40. The summed E-state index contributed by atoms with van der Waals surface area (Å²) in [5.41, 5.74) is 4.44. The van der Waals surface area contributed by atoms with E-state index in [0.29, 0.717) is 17.8 Å². The van der Waals surface area contributed by atoms with Gasteiger partial charge in [0.05, 0.1) is 5.69 Å². The highest BCUT2D eigenvalue weighted by Crippen LogP contribution is 2.39. The van der Waals surface area contributed by atoms with Crippen molar-refractivity contribution in [2.75, 3.05) is 23.7 Å². The van der Waals surface area contributed by atoms with E-state index < -0.39 is 0 Å². The van der Waals surface area contributed by atoms with E-state index in [1.54, 1.807) is 0 Å². The monoisotopic (exact) mass is 389 g/mol. The standard InChI is InChI=1S/C22H27N7/c1-14-12-20(26-21-13-19(28-29-21)17-2-3-17)27-22(24-14)25-18-6-4-15(5-7-18)16-8-10-23-11-9-16/h4-7,12-13,16-17,23H,2-3,8-11H2,1H3,(H3,24,25,26,27,28,29). The number of nitrogens with zero attached hydrogens (tertiary/aromatic N) is 3. The van der Waals surface area contributed by atoms with Gasteiger partial charge in [-0.05, 0) is 69.3 Å². The Morgan fingerprint density at radius 2 is 1.69 bits per heavy atom. The molecule has 0 spiro atoms. The Bertz CT molecular complexity index is 969. The van der Waals surface area contributed by atoms with Crippen LogP contribution >= 0.6 is 0 Å². The molecule has 0 amide bonds. The highest BCUT2D eigenvalue weighted by Gasteiger charge is 2.26. The maximum atomic E-state index is 4.62. The minimum atomic E-state index is 0.587. The molecule has 0 atom stereocenters. The van der Waals surface area contributed by atoms with Gasteiger partial charge >= 0.3 is 0 Å². The number of rotatable bonds is 6. The van der Waals surface area contributed by atoms with E-state index in [0.717, 1.165) is 41.8 Å². The first-order valence-corrected chi connectivity index (χ1v) is 10.5. The molecule has 2 aromatic heterocycles. The van der Waals surface area contributed by atoms with Crippen LogP contribution in [0.5, 0.6) is 0 Å². The number of aromatic nitrogens is 4. The van der Waals surface area contributed by atoms with Crippen LogP contribution in [0.2, 0.25) is 0 Å². The number of aromatic amines is 1. The number of nitrogens with one attached hydrogen (secondary N) is 4. The molecule has 0 radical (unpaired) electrons. The maximum absolute atomic E-state index is 4.62. The molecule has 1 saturated carbocycles. The molecule has 0 bridgehead atoms. The molecule has 3 heterocycles. The van der Waals surface area contributed by atoms with E-state index in [4.69, 9.17) is 0 Å². The molecule has 1 aromatic carbocycles. The van der Waals surface area contributed by atoms with Gasteiger partial charge in [0.2, 0.25) is 5.95 Å². The highest BCUT2D eigenvalue weighted by atomic mass is 15.2. The predicted molar refractivity (Wildman–Crippen MR) is 115 cm³/mol. The second-order valence-electron chi connectivity index (χ2n) is 8.10. The molecule has 1 saturated heterocycles. The Hall–Kier alpha value is -2.93. The van der Waals surface area contributed by atoms with Crippen LogP contribution in [0.1, 0.15) is 54.5 Å². The van der Waals surface area contributed by atoms with Crippen molar-refractivity contribution in [3.05, 3.63) is 53.3 Å². The number of hydrogen-bond donors (Lipinski definition) is 4. The second-order valence-corrected chi connectivity index (χ2v) is 8.10. The number of piperidine rings is 1. The molecular weight excluding hydrogens is 362 g/mol. The molecule has 1 aliphatic carbocycles. The lowest BCUT2D eigenvalue weighted by Gasteiger charge is -2.23. The van der Waals surface area contributed by atoms with Gasteiger partial charge in [0.25, 0.3) is 0 Å². The minimum Gasteiger partial charge on any atom is -0.325 e. The normalized spacial score (nSPS) is 17.3. The number of anilines is 4. The van der Waals surface area contributed by atoms with Gasteiger partial charge in [0, 0.05) is 29.4 Å². The first-order chi connectivity index (χ1) is 14.2. The number of benzene rings is 1. The Labute approximate surface area is 170 Å². The van der Waals surface area contributed by atoms with Crippen LogP contribution in [-0.4, -0.2) is 33.3 Å². The zero-order valence-corrected chi connectivity index (χ0v) is 16.7. The molecule has 2 aliphatic rings. The summed E-state index contributed by atoms with van der Waals surface area (Å²) in [6.45, 7) is 4.19. The van der Waals surface area contributed by atoms with Gasteiger partial charge in [-0.15, -0.1) is 0 Å². The summed E-state index contributed by atoms with van der Waals surface area (Å²) in [5.74, 6) is 3.48. The summed E-state index contributed by atoms with van der Waals surface area (Å²) in [6.07, 6.45) is 4.89. The average Bonchev–Trinajstić information content (AvgIpc) is 3.48. The first-order valence-electron chi connectivity index (χ1n) is 10.5. The van der Waals surface area contributed by atoms with E-state index in [2.05, 4.69) is 66.4 Å². The molecule has 29 heavy (non-hydrogen) atoms. The molecule has 2 fully saturated rings. The second kappa shape index (κ2) is 7.83. The zero-order chi connectivity index (χ0) is 19.6. The Morgan fingerprint density at radius 1 is 0.897 bits per heavy atom. The average molecular weight is 390 g/mol. The fourth-order valence-corrected chi connectivity index (χ4v) is 3.94. The number of aryl methyl sites for hydroxylation is 1. The summed E-state index contributed by atoms with van der Waals surface area (Å²) in [7, 11) is 0. The summed E-state index contributed by atoms with van der Waals surface area (Å²) >= 11 is 0. The van der Waals surface area contributed by atoms with Gasteiger partial charge in [0.15, 0.2) is 0 Å². The van der Waals surface area contributed by atoms with Crippen molar-refractivity contribution in [3.8, 4) is 0 Å². The topological polar surface area (TPSA) is 90.5 Å². The summed E-state index contributed by atoms with van der Waals surface area (Å²) in [6, 6.07) is 12.7. The van der Waals surface area contributed by atoms with Crippen molar-refractivity contribution in [3.63, 3.8) is 0 Å². The Morgan fingerprint density at radius 3 is 2.45 bits per heavy atom. The van der Waals surface area contributed by atoms with Crippen LogP contribution in [0.15, 0.2) is 36.4 Å². The quantitative estimate of drug-likeness (QED) is 0.501. The van der Waals surface area contributed by atoms with Crippen molar-refractivity contribution in [2.45, 2.75) is 44.4 Å². The summed E-state index contributed by atoms with van der Waals surface area (Å²) < 4.78 is 0. The van der Waals surface area contributed by atoms with Gasteiger partial charge < -0.3 is 16.0 Å². The Kier molecular flexibility index (Phi) is 4.89. The maximum Gasteiger partial charge on any atom is 0.229 e. The van der Waals surface area contributed by atoms with Crippen molar-refractivity contribution in [1.82, 2.24) is 25.5 Å². The lowest BCUT2D eigenvalue weighted by atomic mass is 9.90. The van der Waals surface area contributed by atoms with E-state index in [9.17, 15) is 0 Å². The number of hydrogen-bond acceptors (Lipinski definition) is 6. The zero-order valence-electron chi connectivity index (χ0n) is 16.7. The molecule has 7 heteroatoms. The van der Waals surface area contributed by atoms with Crippen LogP contribution < -0.4 is 16.0 Å². The van der Waals surface area contributed by atoms with E-state index in [1.165, 1.54) is 31.2 Å². The van der Waals surface area contributed by atoms with E-state index >= 15 is 0 Å². The molecule has 4 N–H and O–H groups in total. The highest BCUT2D eigenvalue weighted by molar-refractivity contribution is 5.59. The fraction of sp³-hybridized carbons (Fsp3) is 0.409. The smallest absolute Gasteiger partial charge is 0.229 e. The van der Waals surface area contributed by atoms with Crippen LogP contribution in [0.3, 0.4) is 0 Å². The van der Waals surface area contributed by atoms with E-state index in [-0.39, 0.29) is 0 Å². The summed E-state index contributed by atoms with van der Waals surface area (Å²) in [4.78, 5) is 9.15. The van der Waals surface area contributed by atoms with Gasteiger partial charge in [-0.25, -0.2) is 4.98 Å². The third-order valence-corrected chi connectivity index (χ3v) is 5.69. The minimum absolute atomic E-state index is 0.587. The SMILES string of the molecule is Cc1cc(Nc2cc(C3CC3)n[nH]2)nc(Nc2ccc(C3CCNCC3)cc2)n1. The number of H-pyrrole nitrogens is 1. The Balaban J connectivity index is 1.27. The molecule has 1 aliphatic heterocycles. The lowest BCUT2D eigenvalue weighted by Crippen LogP contribution is -2.26. The van der Waals surface area contributed by atoms with Gasteiger partial charge in [0.1, 0.15) is 11.6 Å². The molecule has 0 unspecified atom stereocenters. The molecule has 7 nitrogen and oxygen atoms in total. The molecule has 150 valence electrons. The van der Waals surface area contributed by atoms with Gasteiger partial charge in [-0.1, -0.05) is 12.1 Å². The first kappa shape index (κ1) is 18.1. The summed E-state index contributed by atoms with van der Waals surface area (Å²) in [5, 5.41) is 17.5. The van der Waals surface area contributed by atoms with Crippen molar-refractivity contribution >= 4 is 23.3 Å². The fourth-order valence-electron chi connectivity index (χ4n) is 3.94. The van der Waals surface area contributed by atoms with Gasteiger partial charge in [-0.3, -0.25) is 5.10 Å².